The zero-order valence-corrected chi connectivity index (χ0v) is 17.9. The monoisotopic (exact) mass is 426 g/mol. The van der Waals surface area contributed by atoms with Crippen molar-refractivity contribution in [2.75, 3.05) is 37.5 Å². The van der Waals surface area contributed by atoms with E-state index in [4.69, 9.17) is 9.47 Å². The Morgan fingerprint density at radius 3 is 2.81 bits per heavy atom. The summed E-state index contributed by atoms with van der Waals surface area (Å²) < 4.78 is 13.1. The van der Waals surface area contributed by atoms with E-state index >= 15 is 0 Å². The van der Waals surface area contributed by atoms with Crippen molar-refractivity contribution in [3.63, 3.8) is 0 Å². The Morgan fingerprint density at radius 2 is 2.06 bits per heavy atom. The number of fused-ring (bicyclic) bond motifs is 1. The quantitative estimate of drug-likeness (QED) is 0.641. The number of piperidine rings is 1. The Labute approximate surface area is 179 Å². The van der Waals surface area contributed by atoms with Crippen LogP contribution in [0.15, 0.2) is 35.4 Å². The first-order chi connectivity index (χ1) is 15.0. The number of nitrogens with zero attached hydrogens (tertiary/aromatic N) is 5. The van der Waals surface area contributed by atoms with E-state index in [-0.39, 0.29) is 18.1 Å². The fourth-order valence-corrected chi connectivity index (χ4v) is 3.89. The highest BCUT2D eigenvalue weighted by Gasteiger charge is 2.22. The van der Waals surface area contributed by atoms with Gasteiger partial charge >= 0.3 is 5.69 Å². The second-order valence-electron chi connectivity index (χ2n) is 7.70. The fourth-order valence-electron chi connectivity index (χ4n) is 3.89. The molecule has 0 aliphatic carbocycles. The van der Waals surface area contributed by atoms with Gasteiger partial charge in [0.1, 0.15) is 6.54 Å². The molecule has 2 aromatic heterocycles. The summed E-state index contributed by atoms with van der Waals surface area (Å²) in [5.74, 6) is 1.90. The summed E-state index contributed by atoms with van der Waals surface area (Å²) in [6.07, 6.45) is 5.42. The van der Waals surface area contributed by atoms with Crippen LogP contribution in [0.4, 0.5) is 11.5 Å². The van der Waals surface area contributed by atoms with Crippen LogP contribution in [0.1, 0.15) is 19.8 Å². The normalized spacial score (nSPS) is 16.4. The molecule has 1 amide bonds. The van der Waals surface area contributed by atoms with Crippen LogP contribution in [-0.4, -0.2) is 52.4 Å². The molecule has 0 bridgehead atoms. The molecule has 0 unspecified atom stereocenters. The lowest BCUT2D eigenvalue weighted by atomic mass is 10.0. The Hall–Kier alpha value is -3.56. The number of anilines is 2. The second kappa shape index (κ2) is 8.66. The van der Waals surface area contributed by atoms with Gasteiger partial charge in [0.2, 0.25) is 11.6 Å². The van der Waals surface area contributed by atoms with Crippen LogP contribution in [0.3, 0.4) is 0 Å². The molecule has 1 saturated heterocycles. The number of hydrogen-bond acceptors (Lipinski definition) is 7. The largest absolute Gasteiger partial charge is 0.493 e. The van der Waals surface area contributed by atoms with Gasteiger partial charge in [-0.2, -0.15) is 0 Å². The number of rotatable bonds is 6. The molecule has 1 aliphatic heterocycles. The highest BCUT2D eigenvalue weighted by Crippen LogP contribution is 2.29. The Morgan fingerprint density at radius 1 is 1.26 bits per heavy atom. The van der Waals surface area contributed by atoms with Crippen LogP contribution >= 0.6 is 0 Å². The molecule has 10 nitrogen and oxygen atoms in total. The van der Waals surface area contributed by atoms with E-state index in [1.165, 1.54) is 17.9 Å². The third-order valence-corrected chi connectivity index (χ3v) is 5.40. The summed E-state index contributed by atoms with van der Waals surface area (Å²) in [4.78, 5) is 32.0. The molecule has 1 aromatic carbocycles. The number of hydrogen-bond donors (Lipinski definition) is 1. The molecule has 3 heterocycles. The van der Waals surface area contributed by atoms with E-state index in [2.05, 4.69) is 27.2 Å². The lowest BCUT2D eigenvalue weighted by molar-refractivity contribution is -0.117. The summed E-state index contributed by atoms with van der Waals surface area (Å²) in [5.41, 5.74) is 0.607. The van der Waals surface area contributed by atoms with Gasteiger partial charge < -0.3 is 19.7 Å². The van der Waals surface area contributed by atoms with E-state index in [1.807, 2.05) is 0 Å². The minimum Gasteiger partial charge on any atom is -0.493 e. The summed E-state index contributed by atoms with van der Waals surface area (Å²) in [7, 11) is 3.06. The standard InChI is InChI=1S/C21H26N6O4/c1-14-5-4-9-25(12-14)19-20-24-27(21(29)26(20)10-8-22-19)13-18(28)23-15-6-7-16(30-2)17(11-15)31-3/h6-8,10-11,14H,4-5,9,12-13H2,1-3H3,(H,23,28)/t14-/m1/s1. The third kappa shape index (κ3) is 4.18. The molecule has 0 radical (unpaired) electrons. The minimum atomic E-state index is -0.383. The molecule has 1 N–H and O–H groups in total. The maximum Gasteiger partial charge on any atom is 0.350 e. The van der Waals surface area contributed by atoms with Crippen LogP contribution < -0.4 is 25.4 Å². The van der Waals surface area contributed by atoms with Gasteiger partial charge in [-0.05, 0) is 30.9 Å². The zero-order chi connectivity index (χ0) is 22.0. The van der Waals surface area contributed by atoms with Gasteiger partial charge in [-0.3, -0.25) is 4.79 Å². The number of carbonyl (C=O) groups is 1. The molecule has 4 rings (SSSR count). The van der Waals surface area contributed by atoms with Crippen LogP contribution in [0.25, 0.3) is 5.65 Å². The molecule has 10 heteroatoms. The third-order valence-electron chi connectivity index (χ3n) is 5.40. The van der Waals surface area contributed by atoms with Crippen LogP contribution in [0, 0.1) is 5.92 Å². The lowest BCUT2D eigenvalue weighted by Gasteiger charge is -2.31. The van der Waals surface area contributed by atoms with Crippen molar-refractivity contribution in [2.24, 2.45) is 5.92 Å². The van der Waals surface area contributed by atoms with Crippen molar-refractivity contribution in [1.82, 2.24) is 19.2 Å². The number of methoxy groups -OCH3 is 2. The Kier molecular flexibility index (Phi) is 5.79. The number of ether oxygens (including phenoxy) is 2. The SMILES string of the molecule is COc1ccc(NC(=O)Cn2nc3c(N4CCC[C@@H](C)C4)nccn3c2=O)cc1OC. The van der Waals surface area contributed by atoms with Gasteiger partial charge in [-0.15, -0.1) is 5.10 Å². The van der Waals surface area contributed by atoms with E-state index in [0.717, 1.165) is 24.2 Å². The number of benzene rings is 1. The van der Waals surface area contributed by atoms with Gasteiger partial charge in [0, 0.05) is 37.2 Å². The van der Waals surface area contributed by atoms with Gasteiger partial charge in [0.05, 0.1) is 14.2 Å². The first-order valence-corrected chi connectivity index (χ1v) is 10.2. The fraction of sp³-hybridized carbons (Fsp3) is 0.429. The maximum atomic E-state index is 12.8. The molecule has 1 atom stereocenters. The van der Waals surface area contributed by atoms with Crippen molar-refractivity contribution in [3.8, 4) is 11.5 Å². The van der Waals surface area contributed by atoms with Crippen LogP contribution in [-0.2, 0) is 11.3 Å². The van der Waals surface area contributed by atoms with Gasteiger partial charge in [-0.25, -0.2) is 18.9 Å². The summed E-state index contributed by atoms with van der Waals surface area (Å²) in [5, 5.41) is 7.17. The topological polar surface area (TPSA) is 103 Å². The van der Waals surface area contributed by atoms with Crippen molar-refractivity contribution in [2.45, 2.75) is 26.3 Å². The number of aromatic nitrogens is 4. The summed E-state index contributed by atoms with van der Waals surface area (Å²) in [6.45, 7) is 3.73. The smallest absolute Gasteiger partial charge is 0.350 e. The van der Waals surface area contributed by atoms with Crippen molar-refractivity contribution >= 4 is 23.1 Å². The first kappa shape index (κ1) is 20.7. The predicted molar refractivity (Wildman–Crippen MR) is 116 cm³/mol. The molecule has 1 aliphatic rings. The summed E-state index contributed by atoms with van der Waals surface area (Å²) >= 11 is 0. The van der Waals surface area contributed by atoms with Gasteiger partial charge in [0.15, 0.2) is 17.3 Å². The van der Waals surface area contributed by atoms with Crippen molar-refractivity contribution in [1.29, 1.82) is 0 Å². The Balaban J connectivity index is 1.56. The average Bonchev–Trinajstić information content (AvgIpc) is 3.09. The van der Waals surface area contributed by atoms with E-state index in [9.17, 15) is 9.59 Å². The highest BCUT2D eigenvalue weighted by molar-refractivity contribution is 5.90. The highest BCUT2D eigenvalue weighted by atomic mass is 16.5. The van der Waals surface area contributed by atoms with E-state index < -0.39 is 0 Å². The van der Waals surface area contributed by atoms with E-state index in [1.54, 1.807) is 37.7 Å². The first-order valence-electron chi connectivity index (χ1n) is 10.2. The van der Waals surface area contributed by atoms with Crippen LogP contribution in [0.5, 0.6) is 11.5 Å². The molecule has 1 fully saturated rings. The Bertz CT molecular complexity index is 1150. The van der Waals surface area contributed by atoms with Gasteiger partial charge in [0.25, 0.3) is 0 Å². The number of nitrogens with one attached hydrogen (secondary N) is 1. The lowest BCUT2D eigenvalue weighted by Crippen LogP contribution is -2.35. The molecule has 31 heavy (non-hydrogen) atoms. The second-order valence-corrected chi connectivity index (χ2v) is 7.70. The van der Waals surface area contributed by atoms with Gasteiger partial charge in [-0.1, -0.05) is 6.92 Å². The molecular weight excluding hydrogens is 400 g/mol. The molecule has 0 saturated carbocycles. The van der Waals surface area contributed by atoms with Crippen molar-refractivity contribution in [3.05, 3.63) is 41.1 Å². The van der Waals surface area contributed by atoms with E-state index in [0.29, 0.717) is 34.6 Å². The molecule has 3 aromatic rings. The minimum absolute atomic E-state index is 0.218. The number of amides is 1. The predicted octanol–water partition coefficient (Wildman–Crippen LogP) is 1.78. The van der Waals surface area contributed by atoms with Crippen LogP contribution in [0.2, 0.25) is 0 Å². The van der Waals surface area contributed by atoms with Crippen molar-refractivity contribution < 1.29 is 14.3 Å². The molecular formula is C21H26N6O4. The molecule has 164 valence electrons. The summed E-state index contributed by atoms with van der Waals surface area (Å²) in [6, 6.07) is 5.05. The molecule has 0 spiro atoms. The zero-order valence-electron chi connectivity index (χ0n) is 17.9. The maximum absolute atomic E-state index is 12.8. The average molecular weight is 426 g/mol. The number of carbonyl (C=O) groups excluding carboxylic acids is 1.